The van der Waals surface area contributed by atoms with Crippen molar-refractivity contribution in [3.8, 4) is 43.9 Å². The van der Waals surface area contributed by atoms with Crippen molar-refractivity contribution in [3.05, 3.63) is 162 Å². The predicted octanol–water partition coefficient (Wildman–Crippen LogP) is 22.4. The molecule has 2 aliphatic rings. The van der Waals surface area contributed by atoms with E-state index in [1.807, 2.05) is 22.7 Å². The summed E-state index contributed by atoms with van der Waals surface area (Å²) in [5, 5.41) is 0. The Balaban J connectivity index is 1.10. The van der Waals surface area contributed by atoms with Gasteiger partial charge in [0, 0.05) is 41.8 Å². The van der Waals surface area contributed by atoms with Crippen LogP contribution in [0.5, 0.6) is 23.0 Å². The molecule has 0 radical (unpaired) electrons. The Morgan fingerprint density at radius 2 is 0.583 bits per heavy atom. The summed E-state index contributed by atoms with van der Waals surface area (Å²) in [5.74, 6) is 3.46. The fourth-order valence-electron chi connectivity index (χ4n) is 13.0. The number of rotatable bonds is 38. The first-order chi connectivity index (χ1) is 41.4. The van der Waals surface area contributed by atoms with E-state index in [1.165, 1.54) is 159 Å². The van der Waals surface area contributed by atoms with Crippen molar-refractivity contribution >= 4 is 67.3 Å². The van der Waals surface area contributed by atoms with Crippen LogP contribution in [0.4, 0.5) is 0 Å². The molecule has 0 spiro atoms. The number of carbonyl (C=O) groups excluding carboxylic acids is 2. The zero-order valence-electron chi connectivity index (χ0n) is 50.4. The van der Waals surface area contributed by atoms with Gasteiger partial charge >= 0.3 is 0 Å². The monoisotopic (exact) mass is 1200 g/mol. The quantitative estimate of drug-likeness (QED) is 0.0284. The van der Waals surface area contributed by atoms with Crippen molar-refractivity contribution in [1.29, 1.82) is 0 Å². The Labute approximate surface area is 517 Å². The summed E-state index contributed by atoms with van der Waals surface area (Å²) in [7, 11) is 0. The van der Waals surface area contributed by atoms with E-state index in [0.717, 1.165) is 104 Å². The summed E-state index contributed by atoms with van der Waals surface area (Å²) >= 11 is 6.95. The molecule has 444 valence electrons. The molecule has 4 heterocycles. The van der Waals surface area contributed by atoms with Gasteiger partial charge in [-0.05, 0) is 109 Å². The summed E-state index contributed by atoms with van der Waals surface area (Å²) in [5.41, 5.74) is 7.69. The topological polar surface area (TPSA) is 71.1 Å². The highest BCUT2D eigenvalue weighted by Crippen LogP contribution is 2.70. The number of unbranched alkanes of at least 4 members (excludes halogenated alkanes) is 20. The lowest BCUT2D eigenvalue weighted by Gasteiger charge is -2.33. The van der Waals surface area contributed by atoms with Crippen LogP contribution in [0, 0.1) is 0 Å². The molecular weight excluding hydrogens is 1110 g/mol. The highest BCUT2D eigenvalue weighted by Gasteiger charge is 2.55. The molecule has 0 aliphatic heterocycles. The van der Waals surface area contributed by atoms with Gasteiger partial charge in [-0.25, -0.2) is 0 Å². The highest BCUT2D eigenvalue weighted by molar-refractivity contribution is 7.32. The lowest BCUT2D eigenvalue weighted by molar-refractivity contribution is 0.111. The van der Waals surface area contributed by atoms with Crippen LogP contribution in [0.25, 0.3) is 30.3 Å². The number of carbonyl (C=O) groups is 2. The maximum atomic E-state index is 13.1. The van der Waals surface area contributed by atoms with Gasteiger partial charge in [-0.15, -0.1) is 45.3 Å². The average Bonchev–Trinajstić information content (AvgIpc) is 1.50. The lowest BCUT2D eigenvalue weighted by atomic mass is 9.70. The fraction of sp³-hybridized carbons (Fsp3) is 0.459. The second-order valence-corrected chi connectivity index (χ2v) is 27.6. The van der Waals surface area contributed by atoms with E-state index in [0.29, 0.717) is 36.2 Å². The van der Waals surface area contributed by atoms with Crippen LogP contribution >= 0.6 is 45.3 Å². The van der Waals surface area contributed by atoms with Crippen molar-refractivity contribution < 1.29 is 28.5 Å². The second kappa shape index (κ2) is 30.2. The maximum Gasteiger partial charge on any atom is 0.160 e. The standard InChI is InChI=1S/C74H88O6S4/c1-5-9-13-17-21-25-45-77-57-37-29-53(30-38-57)73(54-31-39-58(40-32-54)78-46-26-22-18-14-10-6-2)65-67(63-49-61(51-75)81-71(63)73)83-70-66-68(84-69(65)70)64-50-62(52-76)82-72(64)74(66,55-33-41-59(42-34-55)79-47-27-23-19-15-11-7-3)56-35-43-60(44-36-56)80-48-28-24-20-16-12-8-4/h29-44,49-52H,5-28,45-48H2,1-4H3. The van der Waals surface area contributed by atoms with Gasteiger partial charge in [0.2, 0.25) is 0 Å². The zero-order valence-corrected chi connectivity index (χ0v) is 53.7. The van der Waals surface area contributed by atoms with Gasteiger partial charge in [-0.2, -0.15) is 0 Å². The molecular formula is C74H88O6S4. The number of hydrogen-bond acceptors (Lipinski definition) is 10. The smallest absolute Gasteiger partial charge is 0.160 e. The van der Waals surface area contributed by atoms with Gasteiger partial charge in [0.15, 0.2) is 12.6 Å². The Kier molecular flexibility index (Phi) is 22.1. The molecule has 0 amide bonds. The van der Waals surface area contributed by atoms with Gasteiger partial charge < -0.3 is 18.9 Å². The third-order valence-electron chi connectivity index (χ3n) is 17.4. The Hall–Kier alpha value is -5.52. The summed E-state index contributed by atoms with van der Waals surface area (Å²) in [6.45, 7) is 11.8. The predicted molar refractivity (Wildman–Crippen MR) is 356 cm³/mol. The van der Waals surface area contributed by atoms with E-state index in [2.05, 4.69) is 137 Å². The van der Waals surface area contributed by atoms with Crippen LogP contribution in [-0.4, -0.2) is 39.0 Å². The minimum atomic E-state index is -0.777. The fourth-order valence-corrected chi connectivity index (χ4v) is 18.7. The van der Waals surface area contributed by atoms with Gasteiger partial charge in [0.05, 0.1) is 56.4 Å². The molecule has 2 aliphatic carbocycles. The molecule has 0 unspecified atom stereocenters. The van der Waals surface area contributed by atoms with Crippen LogP contribution in [0.15, 0.2) is 109 Å². The van der Waals surface area contributed by atoms with Gasteiger partial charge in [-0.1, -0.05) is 205 Å². The van der Waals surface area contributed by atoms with E-state index >= 15 is 0 Å². The highest BCUT2D eigenvalue weighted by atomic mass is 32.1. The van der Waals surface area contributed by atoms with E-state index in [1.54, 1.807) is 22.7 Å². The molecule has 10 rings (SSSR count). The molecule has 0 N–H and O–H groups in total. The maximum absolute atomic E-state index is 13.1. The summed E-state index contributed by atoms with van der Waals surface area (Å²) in [4.78, 5) is 32.2. The number of hydrogen-bond donors (Lipinski definition) is 0. The van der Waals surface area contributed by atoms with Crippen molar-refractivity contribution in [2.24, 2.45) is 0 Å². The minimum Gasteiger partial charge on any atom is -0.494 e. The van der Waals surface area contributed by atoms with E-state index in [4.69, 9.17) is 18.9 Å². The lowest BCUT2D eigenvalue weighted by Crippen LogP contribution is -2.28. The number of benzene rings is 4. The van der Waals surface area contributed by atoms with Crippen LogP contribution in [-0.2, 0) is 10.8 Å². The van der Waals surface area contributed by atoms with E-state index < -0.39 is 10.8 Å². The first-order valence-electron chi connectivity index (χ1n) is 32.2. The average molecular weight is 1200 g/mol. The summed E-state index contributed by atoms with van der Waals surface area (Å²) in [6.07, 6.45) is 31.0. The molecule has 0 fully saturated rings. The molecule has 84 heavy (non-hydrogen) atoms. The Bertz CT molecular complexity index is 2990. The van der Waals surface area contributed by atoms with Crippen molar-refractivity contribution in [3.63, 3.8) is 0 Å². The van der Waals surface area contributed by atoms with Crippen LogP contribution in [0.2, 0.25) is 0 Å². The SMILES string of the molecule is CCCCCCCCOc1ccc(C2(c3ccc(OCCCCCCCC)cc3)c3sc(C=O)cc3-c3sc4c5c(sc4c32)-c2cc(C=O)sc2C5(c2ccc(OCCCCCCCC)cc2)c2ccc(OCCCCCCCC)cc2)cc1. The minimum absolute atomic E-state index is 0.687. The number of ether oxygens (including phenoxy) is 4. The second-order valence-electron chi connectivity index (χ2n) is 23.4. The third-order valence-corrected chi connectivity index (χ3v) is 22.4. The molecule has 0 saturated carbocycles. The van der Waals surface area contributed by atoms with Crippen molar-refractivity contribution in [2.45, 2.75) is 193 Å². The normalized spacial score (nSPS) is 13.4. The molecule has 0 bridgehead atoms. The molecule has 10 heteroatoms. The largest absolute Gasteiger partial charge is 0.494 e. The molecule has 8 aromatic rings. The third kappa shape index (κ3) is 13.1. The van der Waals surface area contributed by atoms with Crippen molar-refractivity contribution in [1.82, 2.24) is 0 Å². The van der Waals surface area contributed by atoms with E-state index in [-0.39, 0.29) is 0 Å². The van der Waals surface area contributed by atoms with Crippen LogP contribution < -0.4 is 18.9 Å². The van der Waals surface area contributed by atoms with E-state index in [9.17, 15) is 9.59 Å². The van der Waals surface area contributed by atoms with Crippen molar-refractivity contribution in [2.75, 3.05) is 26.4 Å². The molecule has 0 atom stereocenters. The van der Waals surface area contributed by atoms with Gasteiger partial charge in [-0.3, -0.25) is 9.59 Å². The van der Waals surface area contributed by atoms with Crippen LogP contribution in [0.3, 0.4) is 0 Å². The summed E-state index contributed by atoms with van der Waals surface area (Å²) in [6, 6.07) is 39.7. The number of thiophene rings is 4. The molecule has 4 aromatic carbocycles. The molecule has 6 nitrogen and oxygen atoms in total. The Morgan fingerprint density at radius 1 is 0.333 bits per heavy atom. The molecule has 4 aromatic heterocycles. The van der Waals surface area contributed by atoms with Gasteiger partial charge in [0.1, 0.15) is 23.0 Å². The van der Waals surface area contributed by atoms with Gasteiger partial charge in [0.25, 0.3) is 0 Å². The Morgan fingerprint density at radius 3 is 0.833 bits per heavy atom. The van der Waals surface area contributed by atoms with Crippen LogP contribution in [0.1, 0.15) is 244 Å². The first-order valence-corrected chi connectivity index (χ1v) is 35.4. The summed E-state index contributed by atoms with van der Waals surface area (Å²) < 4.78 is 28.3. The first kappa shape index (κ1) is 61.6. The number of fused-ring (bicyclic) bond motifs is 9. The number of aldehydes is 2. The zero-order chi connectivity index (χ0) is 58.1. The molecule has 0 saturated heterocycles.